The summed E-state index contributed by atoms with van der Waals surface area (Å²) in [5.41, 5.74) is 2.98. The number of hydrogen-bond acceptors (Lipinski definition) is 2. The Balaban J connectivity index is 1.94. The second-order valence-corrected chi connectivity index (χ2v) is 6.84. The Morgan fingerprint density at radius 3 is 2.46 bits per heavy atom. The van der Waals surface area contributed by atoms with Crippen LogP contribution in [0.25, 0.3) is 0 Å². The average Bonchev–Trinajstić information content (AvgIpc) is 2.73. The molecular formula is C23H32N4O. The van der Waals surface area contributed by atoms with E-state index in [1.807, 2.05) is 44.2 Å². The number of guanidine groups is 1. The van der Waals surface area contributed by atoms with Gasteiger partial charge in [0, 0.05) is 24.7 Å². The molecule has 3 N–H and O–H groups in total. The van der Waals surface area contributed by atoms with Crippen LogP contribution in [0.1, 0.15) is 48.7 Å². The fraction of sp³-hybridized carbons (Fsp3) is 0.391. The Hall–Kier alpha value is -2.82. The molecule has 0 aromatic heterocycles. The molecule has 5 nitrogen and oxygen atoms in total. The van der Waals surface area contributed by atoms with Crippen molar-refractivity contribution in [3.8, 4) is 0 Å². The first-order valence-corrected chi connectivity index (χ1v) is 10.1. The van der Waals surface area contributed by atoms with Crippen molar-refractivity contribution in [1.82, 2.24) is 16.0 Å². The highest BCUT2D eigenvalue weighted by molar-refractivity contribution is 5.94. The maximum Gasteiger partial charge on any atom is 0.251 e. The number of nitrogens with one attached hydrogen (secondary N) is 3. The summed E-state index contributed by atoms with van der Waals surface area (Å²) in [6, 6.07) is 18.2. The van der Waals surface area contributed by atoms with E-state index in [2.05, 4.69) is 52.1 Å². The third kappa shape index (κ3) is 7.43. The molecule has 0 aliphatic heterocycles. The molecule has 0 spiro atoms. The molecule has 1 atom stereocenters. The van der Waals surface area contributed by atoms with E-state index in [0.29, 0.717) is 12.1 Å². The minimum absolute atomic E-state index is 0.0342. The van der Waals surface area contributed by atoms with Crippen LogP contribution in [0, 0.1) is 0 Å². The van der Waals surface area contributed by atoms with E-state index in [0.717, 1.165) is 37.5 Å². The number of carbonyl (C=O) groups excluding carboxylic acids is 1. The number of amides is 1. The Bertz CT molecular complexity index is 758. The average molecular weight is 381 g/mol. The highest BCUT2D eigenvalue weighted by Gasteiger charge is 2.09. The number of nitrogens with zero attached hydrogens (tertiary/aromatic N) is 1. The molecule has 2 aromatic rings. The van der Waals surface area contributed by atoms with E-state index in [-0.39, 0.29) is 11.9 Å². The van der Waals surface area contributed by atoms with Gasteiger partial charge in [-0.1, -0.05) is 49.4 Å². The lowest BCUT2D eigenvalue weighted by atomic mass is 10.1. The molecule has 2 aromatic carbocycles. The Labute approximate surface area is 168 Å². The van der Waals surface area contributed by atoms with Crippen LogP contribution >= 0.6 is 0 Å². The van der Waals surface area contributed by atoms with Crippen molar-refractivity contribution >= 4 is 11.9 Å². The number of carbonyl (C=O) groups is 1. The van der Waals surface area contributed by atoms with Crippen molar-refractivity contribution < 1.29 is 4.79 Å². The summed E-state index contributed by atoms with van der Waals surface area (Å²) in [4.78, 5) is 17.0. The van der Waals surface area contributed by atoms with Gasteiger partial charge in [0.2, 0.25) is 0 Å². The van der Waals surface area contributed by atoms with Crippen LogP contribution in [0.4, 0.5) is 0 Å². The molecule has 1 amide bonds. The van der Waals surface area contributed by atoms with Gasteiger partial charge in [0.15, 0.2) is 5.96 Å². The molecule has 0 heterocycles. The van der Waals surface area contributed by atoms with Crippen LogP contribution < -0.4 is 16.0 Å². The molecule has 0 aliphatic rings. The number of rotatable bonds is 9. The van der Waals surface area contributed by atoms with E-state index in [1.54, 1.807) is 0 Å². The van der Waals surface area contributed by atoms with Gasteiger partial charge in [-0.05, 0) is 49.9 Å². The van der Waals surface area contributed by atoms with Crippen molar-refractivity contribution in [2.45, 2.75) is 46.2 Å². The molecule has 0 radical (unpaired) electrons. The van der Waals surface area contributed by atoms with Crippen molar-refractivity contribution in [2.24, 2.45) is 4.99 Å². The highest BCUT2D eigenvalue weighted by atomic mass is 16.1. The third-order valence-corrected chi connectivity index (χ3v) is 4.49. The van der Waals surface area contributed by atoms with Gasteiger partial charge in [-0.2, -0.15) is 0 Å². The number of benzene rings is 2. The van der Waals surface area contributed by atoms with Crippen LogP contribution in [-0.4, -0.2) is 31.0 Å². The largest absolute Gasteiger partial charge is 0.357 e. The first-order chi connectivity index (χ1) is 13.6. The van der Waals surface area contributed by atoms with Gasteiger partial charge in [0.25, 0.3) is 5.91 Å². The maximum atomic E-state index is 12.3. The van der Waals surface area contributed by atoms with Gasteiger partial charge in [-0.15, -0.1) is 0 Å². The Morgan fingerprint density at radius 2 is 1.75 bits per heavy atom. The Kier molecular flexibility index (Phi) is 9.05. The molecule has 150 valence electrons. The highest BCUT2D eigenvalue weighted by Crippen LogP contribution is 2.07. The molecule has 2 rings (SSSR count). The van der Waals surface area contributed by atoms with Crippen LogP contribution in [0.5, 0.6) is 0 Å². The molecule has 0 saturated carbocycles. The normalized spacial score (nSPS) is 12.3. The lowest BCUT2D eigenvalue weighted by molar-refractivity contribution is 0.0939. The van der Waals surface area contributed by atoms with Crippen LogP contribution in [0.3, 0.4) is 0 Å². The zero-order valence-electron chi connectivity index (χ0n) is 17.2. The minimum atomic E-state index is -0.0342. The van der Waals surface area contributed by atoms with Crippen LogP contribution in [0.2, 0.25) is 0 Å². The van der Waals surface area contributed by atoms with E-state index >= 15 is 0 Å². The van der Waals surface area contributed by atoms with Crippen LogP contribution in [0.15, 0.2) is 59.6 Å². The molecule has 0 aliphatic carbocycles. The van der Waals surface area contributed by atoms with E-state index in [4.69, 9.17) is 0 Å². The second kappa shape index (κ2) is 11.8. The summed E-state index contributed by atoms with van der Waals surface area (Å²) in [7, 11) is 0. The smallest absolute Gasteiger partial charge is 0.251 e. The topological polar surface area (TPSA) is 65.5 Å². The summed E-state index contributed by atoms with van der Waals surface area (Å²) in [6.45, 7) is 8.25. The molecule has 5 heteroatoms. The first-order valence-electron chi connectivity index (χ1n) is 10.1. The molecule has 28 heavy (non-hydrogen) atoms. The fourth-order valence-corrected chi connectivity index (χ4v) is 2.70. The second-order valence-electron chi connectivity index (χ2n) is 6.84. The SMILES string of the molecule is CCNC(=NCc1cccc(C(=O)NC(C)CC)c1)NCCc1ccccc1. The monoisotopic (exact) mass is 380 g/mol. The third-order valence-electron chi connectivity index (χ3n) is 4.49. The predicted octanol–water partition coefficient (Wildman–Crippen LogP) is 3.51. The summed E-state index contributed by atoms with van der Waals surface area (Å²) in [5, 5.41) is 9.64. The summed E-state index contributed by atoms with van der Waals surface area (Å²) >= 11 is 0. The molecular weight excluding hydrogens is 348 g/mol. The van der Waals surface area contributed by atoms with Crippen molar-refractivity contribution in [1.29, 1.82) is 0 Å². The van der Waals surface area contributed by atoms with Crippen molar-refractivity contribution in [2.75, 3.05) is 13.1 Å². The van der Waals surface area contributed by atoms with Gasteiger partial charge < -0.3 is 16.0 Å². The van der Waals surface area contributed by atoms with Gasteiger partial charge in [0.1, 0.15) is 0 Å². The first kappa shape index (κ1) is 21.5. The van der Waals surface area contributed by atoms with Gasteiger partial charge in [0.05, 0.1) is 6.54 Å². The lowest BCUT2D eigenvalue weighted by Crippen LogP contribution is -2.38. The van der Waals surface area contributed by atoms with Crippen molar-refractivity contribution in [3.63, 3.8) is 0 Å². The van der Waals surface area contributed by atoms with Gasteiger partial charge in [-0.3, -0.25) is 4.79 Å². The quantitative estimate of drug-likeness (QED) is 0.461. The van der Waals surface area contributed by atoms with Gasteiger partial charge in [-0.25, -0.2) is 4.99 Å². The zero-order valence-corrected chi connectivity index (χ0v) is 17.2. The summed E-state index contributed by atoms with van der Waals surface area (Å²) in [6.07, 6.45) is 1.85. The minimum Gasteiger partial charge on any atom is -0.357 e. The number of aliphatic imine (C=N–C) groups is 1. The molecule has 0 fully saturated rings. The van der Waals surface area contributed by atoms with E-state index in [9.17, 15) is 4.79 Å². The molecule has 1 unspecified atom stereocenters. The Morgan fingerprint density at radius 1 is 1.00 bits per heavy atom. The van der Waals surface area contributed by atoms with E-state index < -0.39 is 0 Å². The summed E-state index contributed by atoms with van der Waals surface area (Å²) in [5.74, 6) is 0.751. The number of hydrogen-bond donors (Lipinski definition) is 3. The lowest BCUT2D eigenvalue weighted by Gasteiger charge is -2.13. The standard InChI is InChI=1S/C23H32N4O/c1-4-18(3)27-22(28)21-13-9-12-20(16-21)17-26-23(24-5-2)25-15-14-19-10-7-6-8-11-19/h6-13,16,18H,4-5,14-15,17H2,1-3H3,(H,27,28)(H2,24,25,26). The molecule has 0 saturated heterocycles. The van der Waals surface area contributed by atoms with E-state index in [1.165, 1.54) is 5.56 Å². The maximum absolute atomic E-state index is 12.3. The zero-order chi connectivity index (χ0) is 20.2. The fourth-order valence-electron chi connectivity index (χ4n) is 2.70. The van der Waals surface area contributed by atoms with Crippen LogP contribution in [-0.2, 0) is 13.0 Å². The molecule has 0 bridgehead atoms. The van der Waals surface area contributed by atoms with Crippen molar-refractivity contribution in [3.05, 3.63) is 71.3 Å². The predicted molar refractivity (Wildman–Crippen MR) is 117 cm³/mol. The van der Waals surface area contributed by atoms with Gasteiger partial charge >= 0.3 is 0 Å². The summed E-state index contributed by atoms with van der Waals surface area (Å²) < 4.78 is 0.